The number of rotatable bonds is 10. The van der Waals surface area contributed by atoms with Crippen LogP contribution < -0.4 is 4.74 Å². The summed E-state index contributed by atoms with van der Waals surface area (Å²) in [5.74, 6) is -0.336. The van der Waals surface area contributed by atoms with Gasteiger partial charge in [-0.15, -0.1) is 5.73 Å². The van der Waals surface area contributed by atoms with Crippen LogP contribution in [0.2, 0.25) is 0 Å². The molecule has 0 radical (unpaired) electrons. The van der Waals surface area contributed by atoms with Crippen molar-refractivity contribution in [2.24, 2.45) is 11.8 Å². The summed E-state index contributed by atoms with van der Waals surface area (Å²) in [7, 11) is 1.34. The van der Waals surface area contributed by atoms with Crippen molar-refractivity contribution in [3.05, 3.63) is 60.4 Å². The summed E-state index contributed by atoms with van der Waals surface area (Å²) in [6.07, 6.45) is 6.48. The van der Waals surface area contributed by atoms with Gasteiger partial charge in [0.1, 0.15) is 24.2 Å². The molecule has 164 valence electrons. The van der Waals surface area contributed by atoms with E-state index in [-0.39, 0.29) is 50.5 Å². The zero-order chi connectivity index (χ0) is 21.1. The van der Waals surface area contributed by atoms with Gasteiger partial charge in [0.2, 0.25) is 0 Å². The Morgan fingerprint density at radius 3 is 2.73 bits per heavy atom. The largest absolute Gasteiger partial charge is 0.491 e. The number of hydrogen-bond acceptors (Lipinski definition) is 6. The summed E-state index contributed by atoms with van der Waals surface area (Å²) in [6, 6.07) is 9.18. The van der Waals surface area contributed by atoms with Gasteiger partial charge < -0.3 is 19.7 Å². The molecule has 1 saturated carbocycles. The fraction of sp³-hybridized carbons (Fsp3) is 0.458. The van der Waals surface area contributed by atoms with Crippen molar-refractivity contribution in [2.45, 2.75) is 45.3 Å². The normalized spacial score (nSPS) is 21.4. The van der Waals surface area contributed by atoms with E-state index in [9.17, 15) is 19.8 Å². The minimum absolute atomic E-state index is 0. The predicted octanol–water partition coefficient (Wildman–Crippen LogP) is 3.24. The van der Waals surface area contributed by atoms with Crippen molar-refractivity contribution in [2.75, 3.05) is 13.7 Å². The third-order valence-electron chi connectivity index (χ3n) is 4.78. The molecule has 0 aliphatic heterocycles. The lowest BCUT2D eigenvalue weighted by molar-refractivity contribution is -0.140. The molecule has 0 unspecified atom stereocenters. The second kappa shape index (κ2) is 13.5. The Balaban J connectivity index is 0.00000450. The van der Waals surface area contributed by atoms with Crippen molar-refractivity contribution < 1.29 is 29.3 Å². The third-order valence-corrected chi connectivity index (χ3v) is 4.78. The summed E-state index contributed by atoms with van der Waals surface area (Å²) in [6.45, 7) is 0.0881. The molecule has 1 aliphatic carbocycles. The Morgan fingerprint density at radius 1 is 1.30 bits per heavy atom. The van der Waals surface area contributed by atoms with Gasteiger partial charge in [-0.05, 0) is 37.1 Å². The Hall–Kier alpha value is -2.66. The van der Waals surface area contributed by atoms with Gasteiger partial charge in [-0.25, -0.2) is 0 Å². The predicted molar refractivity (Wildman–Crippen MR) is 115 cm³/mol. The Kier molecular flexibility index (Phi) is 11.5. The van der Waals surface area contributed by atoms with E-state index in [4.69, 9.17) is 4.74 Å². The van der Waals surface area contributed by atoms with Gasteiger partial charge in [0.25, 0.3) is 0 Å². The van der Waals surface area contributed by atoms with Crippen LogP contribution in [0, 0.1) is 11.8 Å². The Labute approximate surface area is 178 Å². The fourth-order valence-corrected chi connectivity index (χ4v) is 3.19. The summed E-state index contributed by atoms with van der Waals surface area (Å²) < 4.78 is 10.1. The first-order valence-corrected chi connectivity index (χ1v) is 9.72. The van der Waals surface area contributed by atoms with Crippen LogP contribution in [0.4, 0.5) is 0 Å². The molecule has 0 bridgehead atoms. The SMILES string of the molecule is C.COC(=O)CCC=C=CC[C@H]1C(=O)C[C@@H](O)[C@@H]1/C=C/[C@@H](O)COc1ccccc1. The molecule has 6 heteroatoms. The van der Waals surface area contributed by atoms with Crippen molar-refractivity contribution in [3.8, 4) is 5.75 Å². The topological polar surface area (TPSA) is 93.1 Å². The maximum Gasteiger partial charge on any atom is 0.305 e. The highest BCUT2D eigenvalue weighted by Crippen LogP contribution is 2.33. The van der Waals surface area contributed by atoms with E-state index in [2.05, 4.69) is 10.5 Å². The highest BCUT2D eigenvalue weighted by atomic mass is 16.5. The highest BCUT2D eigenvalue weighted by Gasteiger charge is 2.39. The maximum atomic E-state index is 12.2. The molecule has 2 rings (SSSR count). The van der Waals surface area contributed by atoms with Gasteiger partial charge in [0, 0.05) is 24.7 Å². The van der Waals surface area contributed by atoms with E-state index in [0.717, 1.165) is 0 Å². The number of allylic oxidation sites excluding steroid dienone is 1. The van der Waals surface area contributed by atoms with Crippen molar-refractivity contribution >= 4 is 11.8 Å². The fourth-order valence-electron chi connectivity index (χ4n) is 3.19. The van der Waals surface area contributed by atoms with Crippen molar-refractivity contribution in [1.82, 2.24) is 0 Å². The first-order chi connectivity index (χ1) is 14.0. The van der Waals surface area contributed by atoms with Crippen LogP contribution in [-0.4, -0.2) is 47.9 Å². The molecular formula is C24H32O6. The van der Waals surface area contributed by atoms with Crippen LogP contribution in [-0.2, 0) is 14.3 Å². The standard InChI is InChI=1S/C23H28O6.CH4/c1-28-23(27)12-8-3-2-7-11-19-20(22(26)15-21(19)25)14-13-17(24)16-29-18-9-5-4-6-10-18;/h3-7,9-10,13-14,17,19-20,22,24,26H,8,11-12,15-16H2,1H3;1H4/b14-13+;/t2?,17-,19-,20-,22-;/m1./s1. The molecule has 0 heterocycles. The number of hydrogen-bond donors (Lipinski definition) is 2. The second-order valence-corrected chi connectivity index (χ2v) is 6.92. The van der Waals surface area contributed by atoms with Crippen LogP contribution in [0.5, 0.6) is 5.75 Å². The number of para-hydroxylation sites is 1. The summed E-state index contributed by atoms with van der Waals surface area (Å²) in [4.78, 5) is 23.2. The molecule has 0 amide bonds. The minimum Gasteiger partial charge on any atom is -0.491 e. The minimum atomic E-state index is -0.840. The zero-order valence-corrected chi connectivity index (χ0v) is 16.6. The van der Waals surface area contributed by atoms with E-state index in [1.165, 1.54) is 7.11 Å². The average molecular weight is 417 g/mol. The molecule has 1 aromatic carbocycles. The Bertz CT molecular complexity index is 748. The van der Waals surface area contributed by atoms with E-state index < -0.39 is 12.2 Å². The quantitative estimate of drug-likeness (QED) is 0.346. The van der Waals surface area contributed by atoms with Crippen LogP contribution in [0.1, 0.15) is 33.1 Å². The maximum absolute atomic E-state index is 12.2. The van der Waals surface area contributed by atoms with E-state index >= 15 is 0 Å². The number of aliphatic hydroxyl groups is 2. The molecule has 1 aliphatic rings. The number of esters is 1. The number of aliphatic hydroxyl groups excluding tert-OH is 2. The number of benzene rings is 1. The third kappa shape index (κ3) is 8.37. The lowest BCUT2D eigenvalue weighted by Gasteiger charge is -2.16. The van der Waals surface area contributed by atoms with Gasteiger partial charge >= 0.3 is 5.97 Å². The van der Waals surface area contributed by atoms with Crippen LogP contribution in [0.15, 0.2) is 60.4 Å². The van der Waals surface area contributed by atoms with Gasteiger partial charge in [-0.3, -0.25) is 9.59 Å². The zero-order valence-electron chi connectivity index (χ0n) is 16.6. The van der Waals surface area contributed by atoms with Gasteiger partial charge in [-0.1, -0.05) is 37.8 Å². The number of ketones is 1. The van der Waals surface area contributed by atoms with Gasteiger partial charge in [0.05, 0.1) is 13.2 Å². The Morgan fingerprint density at radius 2 is 2.03 bits per heavy atom. The molecule has 30 heavy (non-hydrogen) atoms. The van der Waals surface area contributed by atoms with E-state index in [1.807, 2.05) is 18.2 Å². The molecule has 0 saturated heterocycles. The molecule has 0 spiro atoms. The number of carbonyl (C=O) groups excluding carboxylic acids is 2. The molecule has 1 fully saturated rings. The van der Waals surface area contributed by atoms with Crippen molar-refractivity contribution in [3.63, 3.8) is 0 Å². The first-order valence-electron chi connectivity index (χ1n) is 9.72. The molecule has 4 atom stereocenters. The lowest BCUT2D eigenvalue weighted by atomic mass is 9.90. The molecular weight excluding hydrogens is 384 g/mol. The molecule has 6 nitrogen and oxygen atoms in total. The van der Waals surface area contributed by atoms with Crippen molar-refractivity contribution in [1.29, 1.82) is 0 Å². The summed E-state index contributed by atoms with van der Waals surface area (Å²) >= 11 is 0. The number of ether oxygens (including phenoxy) is 2. The van der Waals surface area contributed by atoms with E-state index in [0.29, 0.717) is 18.6 Å². The monoisotopic (exact) mass is 416 g/mol. The van der Waals surface area contributed by atoms with Gasteiger partial charge in [-0.2, -0.15) is 0 Å². The first kappa shape index (κ1) is 25.4. The smallest absolute Gasteiger partial charge is 0.305 e. The molecule has 0 aromatic heterocycles. The average Bonchev–Trinajstić information content (AvgIpc) is 3.00. The summed E-state index contributed by atoms with van der Waals surface area (Å²) in [5.41, 5.74) is 2.97. The highest BCUT2D eigenvalue weighted by molar-refractivity contribution is 5.84. The molecule has 2 N–H and O–H groups in total. The second-order valence-electron chi connectivity index (χ2n) is 6.92. The van der Waals surface area contributed by atoms with Gasteiger partial charge in [0.15, 0.2) is 0 Å². The number of methoxy groups -OCH3 is 1. The van der Waals surface area contributed by atoms with Crippen LogP contribution in [0.3, 0.4) is 0 Å². The number of carbonyl (C=O) groups is 2. The van der Waals surface area contributed by atoms with Crippen LogP contribution in [0.25, 0.3) is 0 Å². The molecule has 1 aromatic rings. The van der Waals surface area contributed by atoms with Crippen LogP contribution >= 0.6 is 0 Å². The lowest BCUT2D eigenvalue weighted by Crippen LogP contribution is -2.20. The van der Waals surface area contributed by atoms with E-state index in [1.54, 1.807) is 36.4 Å². The number of Topliss-reactive ketones (excluding diaryl/α,β-unsaturated/α-hetero) is 1. The summed E-state index contributed by atoms with van der Waals surface area (Å²) in [5, 5.41) is 20.3.